The number of rotatable bonds is 5. The van der Waals surface area contributed by atoms with Crippen LogP contribution in [0.5, 0.6) is 0 Å². The molecule has 0 aromatic rings. The van der Waals surface area contributed by atoms with E-state index in [1.165, 1.54) is 44.9 Å². The predicted octanol–water partition coefficient (Wildman–Crippen LogP) is 2.01. The second-order valence-electron chi connectivity index (χ2n) is 7.90. The molecule has 3 aliphatic rings. The number of carbonyl (C=O) groups excluding carboxylic acids is 1. The Balaban J connectivity index is 1.31. The minimum atomic E-state index is 0.256. The Bertz CT molecular complexity index is 390. The number of likely N-dealkylation sites (tertiary alicyclic amines) is 1. The van der Waals surface area contributed by atoms with E-state index < -0.39 is 0 Å². The van der Waals surface area contributed by atoms with Gasteiger partial charge in [0, 0.05) is 38.1 Å². The molecule has 0 aromatic heterocycles. The van der Waals surface area contributed by atoms with Gasteiger partial charge in [-0.15, -0.1) is 0 Å². The molecule has 1 unspecified atom stereocenters. The molecule has 24 heavy (non-hydrogen) atoms. The summed E-state index contributed by atoms with van der Waals surface area (Å²) >= 11 is 0. The van der Waals surface area contributed by atoms with Crippen LogP contribution in [-0.2, 0) is 9.53 Å². The van der Waals surface area contributed by atoms with Crippen LogP contribution in [0.2, 0.25) is 0 Å². The predicted molar refractivity (Wildman–Crippen MR) is 96.1 cm³/mol. The molecule has 0 radical (unpaired) electrons. The highest BCUT2D eigenvalue weighted by Crippen LogP contribution is 2.20. The molecule has 1 saturated carbocycles. The lowest BCUT2D eigenvalue weighted by Gasteiger charge is -2.41. The molecule has 0 spiro atoms. The lowest BCUT2D eigenvalue weighted by molar-refractivity contribution is -0.122. The van der Waals surface area contributed by atoms with Gasteiger partial charge in [0.25, 0.3) is 0 Å². The van der Waals surface area contributed by atoms with E-state index in [4.69, 9.17) is 4.74 Å². The lowest BCUT2D eigenvalue weighted by atomic mass is 9.95. The molecule has 2 saturated heterocycles. The van der Waals surface area contributed by atoms with Gasteiger partial charge in [-0.3, -0.25) is 9.69 Å². The van der Waals surface area contributed by atoms with Crippen LogP contribution in [0.15, 0.2) is 0 Å². The van der Waals surface area contributed by atoms with Gasteiger partial charge in [0.2, 0.25) is 5.91 Å². The summed E-state index contributed by atoms with van der Waals surface area (Å²) in [6, 6.07) is 1.16. The number of ether oxygens (including phenoxy) is 1. The van der Waals surface area contributed by atoms with Crippen molar-refractivity contribution in [2.24, 2.45) is 0 Å². The summed E-state index contributed by atoms with van der Waals surface area (Å²) < 4.78 is 5.65. The Morgan fingerprint density at radius 2 is 1.83 bits per heavy atom. The summed E-state index contributed by atoms with van der Waals surface area (Å²) in [5.74, 6) is 0.256. The number of amides is 1. The lowest BCUT2D eigenvalue weighted by Crippen LogP contribution is -2.51. The summed E-state index contributed by atoms with van der Waals surface area (Å²) in [6.45, 7) is 8.40. The van der Waals surface area contributed by atoms with Gasteiger partial charge in [-0.2, -0.15) is 0 Å². The first kappa shape index (κ1) is 18.2. The maximum absolute atomic E-state index is 12.1. The van der Waals surface area contributed by atoms with E-state index in [1.807, 2.05) is 0 Å². The molecule has 5 nitrogen and oxygen atoms in total. The smallest absolute Gasteiger partial charge is 0.221 e. The van der Waals surface area contributed by atoms with Crippen molar-refractivity contribution >= 4 is 5.91 Å². The van der Waals surface area contributed by atoms with Crippen LogP contribution in [0, 0.1) is 0 Å². The molecule has 2 aliphatic heterocycles. The van der Waals surface area contributed by atoms with Gasteiger partial charge in [-0.05, 0) is 45.7 Å². The summed E-state index contributed by atoms with van der Waals surface area (Å²) in [5, 5.41) is 3.24. The number of hydrogen-bond acceptors (Lipinski definition) is 4. The molecule has 138 valence electrons. The third-order valence-corrected chi connectivity index (χ3v) is 5.97. The molecular formula is C19H35N3O2. The highest BCUT2D eigenvalue weighted by Gasteiger charge is 2.28. The highest BCUT2D eigenvalue weighted by atomic mass is 16.5. The Morgan fingerprint density at radius 3 is 2.54 bits per heavy atom. The van der Waals surface area contributed by atoms with Gasteiger partial charge in [-0.25, -0.2) is 0 Å². The zero-order valence-electron chi connectivity index (χ0n) is 15.3. The van der Waals surface area contributed by atoms with E-state index >= 15 is 0 Å². The van der Waals surface area contributed by atoms with Crippen molar-refractivity contribution < 1.29 is 9.53 Å². The zero-order valence-corrected chi connectivity index (χ0v) is 15.3. The van der Waals surface area contributed by atoms with Gasteiger partial charge in [0.1, 0.15) is 0 Å². The minimum absolute atomic E-state index is 0.256. The number of hydrogen-bond donors (Lipinski definition) is 1. The first-order chi connectivity index (χ1) is 11.7. The Kier molecular flexibility index (Phi) is 6.93. The van der Waals surface area contributed by atoms with Gasteiger partial charge >= 0.3 is 0 Å². The minimum Gasteiger partial charge on any atom is -0.376 e. The SMILES string of the molecule is CC1CN(C2CCN(CCC(=O)NC3CCCCC3)CC2)CCO1. The van der Waals surface area contributed by atoms with Gasteiger partial charge in [0.05, 0.1) is 12.7 Å². The first-order valence-electron chi connectivity index (χ1n) is 10.1. The maximum atomic E-state index is 12.1. The number of nitrogens with one attached hydrogen (secondary N) is 1. The van der Waals surface area contributed by atoms with Gasteiger partial charge in [-0.1, -0.05) is 19.3 Å². The second-order valence-corrected chi connectivity index (χ2v) is 7.90. The molecule has 1 aliphatic carbocycles. The fraction of sp³-hybridized carbons (Fsp3) is 0.947. The fourth-order valence-corrected chi connectivity index (χ4v) is 4.49. The van der Waals surface area contributed by atoms with Crippen LogP contribution in [0.3, 0.4) is 0 Å². The standard InChI is InChI=1S/C19H35N3O2/c1-16-15-22(13-14-24-16)18-7-10-21(11-8-18)12-9-19(23)20-17-5-3-2-4-6-17/h16-18H,2-15H2,1H3,(H,20,23). The average Bonchev–Trinajstić information content (AvgIpc) is 2.61. The molecule has 2 heterocycles. The number of morpholine rings is 1. The van der Waals surface area contributed by atoms with E-state index in [2.05, 4.69) is 22.0 Å². The monoisotopic (exact) mass is 337 g/mol. The van der Waals surface area contributed by atoms with Crippen molar-refractivity contribution in [3.63, 3.8) is 0 Å². The molecular weight excluding hydrogens is 302 g/mol. The molecule has 5 heteroatoms. The molecule has 1 amide bonds. The van der Waals surface area contributed by atoms with Crippen molar-refractivity contribution in [2.75, 3.05) is 39.3 Å². The molecule has 3 rings (SSSR count). The van der Waals surface area contributed by atoms with E-state index in [9.17, 15) is 4.79 Å². The van der Waals surface area contributed by atoms with Crippen LogP contribution < -0.4 is 5.32 Å². The van der Waals surface area contributed by atoms with Crippen molar-refractivity contribution in [3.8, 4) is 0 Å². The quantitative estimate of drug-likeness (QED) is 0.833. The fourth-order valence-electron chi connectivity index (χ4n) is 4.49. The Morgan fingerprint density at radius 1 is 1.08 bits per heavy atom. The van der Waals surface area contributed by atoms with Gasteiger partial charge < -0.3 is 15.0 Å². The van der Waals surface area contributed by atoms with Crippen molar-refractivity contribution in [1.29, 1.82) is 0 Å². The topological polar surface area (TPSA) is 44.8 Å². The molecule has 3 fully saturated rings. The normalized spacial score (nSPS) is 28.8. The number of nitrogens with zero attached hydrogens (tertiary/aromatic N) is 2. The van der Waals surface area contributed by atoms with E-state index in [0.717, 1.165) is 39.3 Å². The van der Waals surface area contributed by atoms with Crippen LogP contribution in [-0.4, -0.2) is 73.2 Å². The van der Waals surface area contributed by atoms with E-state index in [0.29, 0.717) is 24.6 Å². The third kappa shape index (κ3) is 5.43. The van der Waals surface area contributed by atoms with Crippen LogP contribution >= 0.6 is 0 Å². The van der Waals surface area contributed by atoms with Crippen LogP contribution in [0.1, 0.15) is 58.3 Å². The summed E-state index contributed by atoms with van der Waals surface area (Å²) in [4.78, 5) is 17.2. The summed E-state index contributed by atoms with van der Waals surface area (Å²) in [7, 11) is 0. The van der Waals surface area contributed by atoms with Gasteiger partial charge in [0.15, 0.2) is 0 Å². The van der Waals surface area contributed by atoms with E-state index in [1.54, 1.807) is 0 Å². The Labute approximate surface area is 147 Å². The molecule has 0 bridgehead atoms. The van der Waals surface area contributed by atoms with Crippen molar-refractivity contribution in [1.82, 2.24) is 15.1 Å². The maximum Gasteiger partial charge on any atom is 0.221 e. The Hall–Kier alpha value is -0.650. The highest BCUT2D eigenvalue weighted by molar-refractivity contribution is 5.76. The molecule has 1 N–H and O–H groups in total. The van der Waals surface area contributed by atoms with Crippen LogP contribution in [0.4, 0.5) is 0 Å². The zero-order chi connectivity index (χ0) is 16.8. The first-order valence-corrected chi connectivity index (χ1v) is 10.1. The number of carbonyl (C=O) groups is 1. The van der Waals surface area contributed by atoms with Crippen LogP contribution in [0.25, 0.3) is 0 Å². The summed E-state index contributed by atoms with van der Waals surface area (Å²) in [6.07, 6.45) is 9.74. The second kappa shape index (κ2) is 9.16. The molecule has 0 aromatic carbocycles. The van der Waals surface area contributed by atoms with Crippen molar-refractivity contribution in [3.05, 3.63) is 0 Å². The van der Waals surface area contributed by atoms with Crippen molar-refractivity contribution in [2.45, 2.75) is 76.5 Å². The summed E-state index contributed by atoms with van der Waals surface area (Å²) in [5.41, 5.74) is 0. The largest absolute Gasteiger partial charge is 0.376 e. The third-order valence-electron chi connectivity index (χ3n) is 5.97. The number of piperidine rings is 1. The molecule has 1 atom stereocenters. The average molecular weight is 338 g/mol. The van der Waals surface area contributed by atoms with E-state index in [-0.39, 0.29) is 5.91 Å².